The molecule has 1 fully saturated rings. The molecule has 2 rings (SSSR count). The monoisotopic (exact) mass is 312 g/mol. The van der Waals surface area contributed by atoms with Crippen molar-refractivity contribution in [3.05, 3.63) is 28.5 Å². The van der Waals surface area contributed by atoms with Gasteiger partial charge in [0.25, 0.3) is 0 Å². The number of pyridine rings is 1. The second kappa shape index (κ2) is 6.13. The first kappa shape index (κ1) is 14.0. The minimum absolute atomic E-state index is 0.0358. The number of aromatic nitrogens is 1. The van der Waals surface area contributed by atoms with E-state index in [0.29, 0.717) is 0 Å². The van der Waals surface area contributed by atoms with E-state index >= 15 is 0 Å². The van der Waals surface area contributed by atoms with Gasteiger partial charge in [-0.25, -0.2) is 0 Å². The summed E-state index contributed by atoms with van der Waals surface area (Å²) in [5.41, 5.74) is 7.31. The van der Waals surface area contributed by atoms with Gasteiger partial charge in [0.15, 0.2) is 0 Å². The maximum Gasteiger partial charge on any atom is 0.0836 e. The normalized spacial score (nSPS) is 19.9. The summed E-state index contributed by atoms with van der Waals surface area (Å²) in [6.45, 7) is 2.78. The maximum atomic E-state index is 6.39. The second-order valence-electron chi connectivity index (χ2n) is 4.98. The zero-order valence-electron chi connectivity index (χ0n) is 10.9. The largest absolute Gasteiger partial charge is 0.374 e. The topological polar surface area (TPSA) is 48.1 Å². The second-order valence-corrected chi connectivity index (χ2v) is 5.90. The van der Waals surface area contributed by atoms with E-state index in [9.17, 15) is 0 Å². The van der Waals surface area contributed by atoms with Gasteiger partial charge in [-0.15, -0.1) is 0 Å². The Balaban J connectivity index is 2.05. The molecule has 0 saturated heterocycles. The van der Waals surface area contributed by atoms with Crippen LogP contribution in [-0.2, 0) is 11.2 Å². The van der Waals surface area contributed by atoms with Crippen molar-refractivity contribution in [1.29, 1.82) is 0 Å². The summed E-state index contributed by atoms with van der Waals surface area (Å²) >= 11 is 3.39. The van der Waals surface area contributed by atoms with Crippen LogP contribution < -0.4 is 5.73 Å². The summed E-state index contributed by atoms with van der Waals surface area (Å²) in [5, 5.41) is 0. The third kappa shape index (κ3) is 3.11. The standard InChI is InChI=1S/C14H21BrN2O/c1-2-18-14(7-3-4-8-14)13(16)9-12-6-5-11(15)10-17-12/h5-6,10,13H,2-4,7-9,16H2,1H3. The Kier molecular flexibility index (Phi) is 4.76. The summed E-state index contributed by atoms with van der Waals surface area (Å²) in [7, 11) is 0. The van der Waals surface area contributed by atoms with Crippen LogP contribution in [0.15, 0.2) is 22.8 Å². The summed E-state index contributed by atoms with van der Waals surface area (Å²) < 4.78 is 6.99. The van der Waals surface area contributed by atoms with E-state index in [0.717, 1.165) is 36.0 Å². The Morgan fingerprint density at radius 3 is 2.72 bits per heavy atom. The van der Waals surface area contributed by atoms with E-state index in [1.807, 2.05) is 25.3 Å². The zero-order chi connectivity index (χ0) is 13.0. The molecule has 0 aliphatic heterocycles. The zero-order valence-corrected chi connectivity index (χ0v) is 12.4. The average molecular weight is 313 g/mol. The van der Waals surface area contributed by atoms with Crippen molar-refractivity contribution in [1.82, 2.24) is 4.98 Å². The van der Waals surface area contributed by atoms with E-state index in [-0.39, 0.29) is 11.6 Å². The number of ether oxygens (including phenoxy) is 1. The fourth-order valence-corrected chi connectivity index (χ4v) is 3.06. The van der Waals surface area contributed by atoms with Crippen LogP contribution in [0, 0.1) is 0 Å². The Hall–Kier alpha value is -0.450. The highest BCUT2D eigenvalue weighted by Crippen LogP contribution is 2.36. The SMILES string of the molecule is CCOC1(C(N)Cc2ccc(Br)cn2)CCCC1. The van der Waals surface area contributed by atoms with Gasteiger partial charge in [-0.3, -0.25) is 4.98 Å². The van der Waals surface area contributed by atoms with Gasteiger partial charge >= 0.3 is 0 Å². The molecule has 0 bridgehead atoms. The lowest BCUT2D eigenvalue weighted by Gasteiger charge is -2.35. The number of hydrogen-bond acceptors (Lipinski definition) is 3. The van der Waals surface area contributed by atoms with E-state index in [1.54, 1.807) is 0 Å². The highest BCUT2D eigenvalue weighted by molar-refractivity contribution is 9.10. The number of rotatable bonds is 5. The van der Waals surface area contributed by atoms with Crippen molar-refractivity contribution < 1.29 is 4.74 Å². The third-order valence-corrected chi connectivity index (χ3v) is 4.24. The van der Waals surface area contributed by atoms with Gasteiger partial charge in [0.2, 0.25) is 0 Å². The van der Waals surface area contributed by atoms with Gasteiger partial charge in [-0.1, -0.05) is 12.8 Å². The van der Waals surface area contributed by atoms with E-state index in [2.05, 4.69) is 20.9 Å². The molecular formula is C14H21BrN2O. The van der Waals surface area contributed by atoms with Gasteiger partial charge in [0, 0.05) is 35.4 Å². The third-order valence-electron chi connectivity index (χ3n) is 3.78. The number of halogens is 1. The summed E-state index contributed by atoms with van der Waals surface area (Å²) in [6, 6.07) is 4.07. The van der Waals surface area contributed by atoms with E-state index in [4.69, 9.17) is 10.5 Å². The van der Waals surface area contributed by atoms with Crippen LogP contribution in [0.2, 0.25) is 0 Å². The van der Waals surface area contributed by atoms with Crippen LogP contribution in [0.4, 0.5) is 0 Å². The molecule has 1 aromatic heterocycles. The van der Waals surface area contributed by atoms with E-state index in [1.165, 1.54) is 12.8 Å². The molecule has 0 amide bonds. The minimum Gasteiger partial charge on any atom is -0.374 e. The van der Waals surface area contributed by atoms with Crippen molar-refractivity contribution in [3.63, 3.8) is 0 Å². The Labute approximate surface area is 117 Å². The molecule has 4 heteroatoms. The van der Waals surface area contributed by atoms with Crippen LogP contribution in [0.3, 0.4) is 0 Å². The van der Waals surface area contributed by atoms with Crippen molar-refractivity contribution >= 4 is 15.9 Å². The highest BCUT2D eigenvalue weighted by Gasteiger charge is 2.40. The molecule has 1 saturated carbocycles. The fraction of sp³-hybridized carbons (Fsp3) is 0.643. The predicted molar refractivity (Wildman–Crippen MR) is 76.4 cm³/mol. The molecule has 0 spiro atoms. The first-order valence-electron chi connectivity index (χ1n) is 6.66. The van der Waals surface area contributed by atoms with Crippen molar-refractivity contribution in [2.24, 2.45) is 5.73 Å². The number of nitrogens with zero attached hydrogens (tertiary/aromatic N) is 1. The Morgan fingerprint density at radius 1 is 1.44 bits per heavy atom. The summed E-state index contributed by atoms with van der Waals surface area (Å²) in [6.07, 6.45) is 7.22. The fourth-order valence-electron chi connectivity index (χ4n) is 2.82. The van der Waals surface area contributed by atoms with Crippen LogP contribution in [0.5, 0.6) is 0 Å². The molecule has 0 aromatic carbocycles. The smallest absolute Gasteiger partial charge is 0.0836 e. The van der Waals surface area contributed by atoms with Crippen LogP contribution in [0.25, 0.3) is 0 Å². The van der Waals surface area contributed by atoms with Crippen molar-refractivity contribution in [2.45, 2.75) is 50.7 Å². The van der Waals surface area contributed by atoms with Gasteiger partial charge in [-0.05, 0) is 47.8 Å². The molecule has 100 valence electrons. The summed E-state index contributed by atoms with van der Waals surface area (Å²) in [5.74, 6) is 0. The van der Waals surface area contributed by atoms with Gasteiger partial charge in [0.05, 0.1) is 5.60 Å². The molecule has 2 N–H and O–H groups in total. The van der Waals surface area contributed by atoms with Gasteiger partial charge in [-0.2, -0.15) is 0 Å². The number of hydrogen-bond donors (Lipinski definition) is 1. The molecule has 18 heavy (non-hydrogen) atoms. The molecule has 1 unspecified atom stereocenters. The molecule has 1 aromatic rings. The van der Waals surface area contributed by atoms with Crippen molar-refractivity contribution in [3.8, 4) is 0 Å². The number of nitrogens with two attached hydrogens (primary N) is 1. The molecule has 1 aliphatic carbocycles. The predicted octanol–water partition coefficient (Wildman–Crippen LogP) is 3.06. The lowest BCUT2D eigenvalue weighted by Crippen LogP contribution is -2.49. The highest BCUT2D eigenvalue weighted by atomic mass is 79.9. The lowest BCUT2D eigenvalue weighted by molar-refractivity contribution is -0.0526. The first-order valence-corrected chi connectivity index (χ1v) is 7.45. The van der Waals surface area contributed by atoms with E-state index < -0.39 is 0 Å². The van der Waals surface area contributed by atoms with Crippen molar-refractivity contribution in [2.75, 3.05) is 6.61 Å². The quantitative estimate of drug-likeness (QED) is 0.909. The molecule has 0 radical (unpaired) electrons. The molecule has 1 atom stereocenters. The van der Waals surface area contributed by atoms with Gasteiger partial charge in [0.1, 0.15) is 0 Å². The lowest BCUT2D eigenvalue weighted by atomic mass is 9.89. The molecule has 1 aliphatic rings. The Bertz CT molecular complexity index is 374. The molecule has 3 nitrogen and oxygen atoms in total. The first-order chi connectivity index (χ1) is 8.66. The molecule has 1 heterocycles. The van der Waals surface area contributed by atoms with Crippen LogP contribution >= 0.6 is 15.9 Å². The summed E-state index contributed by atoms with van der Waals surface area (Å²) in [4.78, 5) is 4.40. The minimum atomic E-state index is -0.122. The van der Waals surface area contributed by atoms with Crippen LogP contribution in [-0.4, -0.2) is 23.2 Å². The molecular weight excluding hydrogens is 292 g/mol. The Morgan fingerprint density at radius 2 is 2.17 bits per heavy atom. The average Bonchev–Trinajstić information content (AvgIpc) is 2.82. The van der Waals surface area contributed by atoms with Gasteiger partial charge < -0.3 is 10.5 Å². The maximum absolute atomic E-state index is 6.39. The van der Waals surface area contributed by atoms with Crippen LogP contribution in [0.1, 0.15) is 38.3 Å².